The molecule has 0 aromatic heterocycles. The van der Waals surface area contributed by atoms with Crippen LogP contribution in [0.3, 0.4) is 0 Å². The Morgan fingerprint density at radius 2 is 1.78 bits per heavy atom. The van der Waals surface area contributed by atoms with E-state index in [0.717, 1.165) is 23.2 Å². The Labute approximate surface area is 163 Å². The number of rotatable bonds is 7. The van der Waals surface area contributed by atoms with Crippen LogP contribution in [0.5, 0.6) is 0 Å². The maximum atomic E-state index is 12.7. The molecule has 0 unspecified atom stereocenters. The third-order valence-electron chi connectivity index (χ3n) is 5.34. The summed E-state index contributed by atoms with van der Waals surface area (Å²) in [5, 5.41) is 0. The lowest BCUT2D eigenvalue weighted by molar-refractivity contribution is 0.185. The highest BCUT2D eigenvalue weighted by Gasteiger charge is 2.20. The lowest BCUT2D eigenvalue weighted by Gasteiger charge is -2.31. The zero-order valence-corrected chi connectivity index (χ0v) is 17.1. The second-order valence-electron chi connectivity index (χ2n) is 7.71. The molecule has 0 aliphatic heterocycles. The highest BCUT2D eigenvalue weighted by molar-refractivity contribution is 7.91. The van der Waals surface area contributed by atoms with E-state index in [1.165, 1.54) is 32.1 Å². The maximum absolute atomic E-state index is 12.7. The van der Waals surface area contributed by atoms with Gasteiger partial charge < -0.3 is 0 Å². The molecular weight excluding hydrogens is 356 g/mol. The molecule has 146 valence electrons. The van der Waals surface area contributed by atoms with Gasteiger partial charge in [-0.2, -0.15) is 0 Å². The van der Waals surface area contributed by atoms with E-state index in [-0.39, 0.29) is 5.75 Å². The minimum atomic E-state index is -3.46. The van der Waals surface area contributed by atoms with Crippen molar-refractivity contribution in [2.24, 2.45) is 0 Å². The second kappa shape index (κ2) is 8.89. The van der Waals surface area contributed by atoms with E-state index in [9.17, 15) is 8.42 Å². The average molecular weight is 387 g/mol. The third-order valence-corrected chi connectivity index (χ3v) is 6.58. The standard InChI is InChI=1S/C22H30N2O2S/c1-18-9-8-10-19(15-18)17-27(25,26)23-22-14-7-6-11-20(22)16-24(2)21-12-4-3-5-13-21/h6-11,14-15,21,23H,3-5,12-13,16-17H2,1-2H3. The summed E-state index contributed by atoms with van der Waals surface area (Å²) in [5.74, 6) is -0.0124. The first-order chi connectivity index (χ1) is 12.9. The highest BCUT2D eigenvalue weighted by Crippen LogP contribution is 2.25. The molecule has 0 radical (unpaired) electrons. The van der Waals surface area contributed by atoms with Gasteiger partial charge in [0.25, 0.3) is 0 Å². The van der Waals surface area contributed by atoms with Crippen LogP contribution < -0.4 is 4.72 Å². The van der Waals surface area contributed by atoms with Gasteiger partial charge in [-0.3, -0.25) is 9.62 Å². The Morgan fingerprint density at radius 3 is 2.52 bits per heavy atom. The van der Waals surface area contributed by atoms with Gasteiger partial charge in [-0.1, -0.05) is 67.3 Å². The van der Waals surface area contributed by atoms with E-state index in [2.05, 4.69) is 16.7 Å². The van der Waals surface area contributed by atoms with Crippen LogP contribution in [0.1, 0.15) is 48.8 Å². The quantitative estimate of drug-likeness (QED) is 0.750. The molecule has 1 N–H and O–H groups in total. The summed E-state index contributed by atoms with van der Waals surface area (Å²) in [6, 6.07) is 16.0. The SMILES string of the molecule is Cc1cccc(CS(=O)(=O)Nc2ccccc2CN(C)C2CCCCC2)c1. The molecule has 1 aliphatic rings. The van der Waals surface area contributed by atoms with E-state index < -0.39 is 10.0 Å². The summed E-state index contributed by atoms with van der Waals surface area (Å²) in [6.07, 6.45) is 6.38. The fraction of sp³-hybridized carbons (Fsp3) is 0.455. The average Bonchev–Trinajstić information content (AvgIpc) is 2.63. The topological polar surface area (TPSA) is 49.4 Å². The number of hydrogen-bond donors (Lipinski definition) is 1. The molecule has 0 spiro atoms. The molecule has 0 heterocycles. The molecule has 3 rings (SSSR count). The van der Waals surface area contributed by atoms with Crippen molar-refractivity contribution in [3.8, 4) is 0 Å². The Balaban J connectivity index is 1.71. The van der Waals surface area contributed by atoms with Gasteiger partial charge in [-0.05, 0) is 44.0 Å². The first-order valence-corrected chi connectivity index (χ1v) is 11.4. The van der Waals surface area contributed by atoms with Crippen LogP contribution in [0.2, 0.25) is 0 Å². The maximum Gasteiger partial charge on any atom is 0.236 e. The van der Waals surface area contributed by atoms with Crippen molar-refractivity contribution in [1.82, 2.24) is 4.90 Å². The van der Waals surface area contributed by atoms with Crippen molar-refractivity contribution in [2.45, 2.75) is 57.4 Å². The Hall–Kier alpha value is -1.85. The summed E-state index contributed by atoms with van der Waals surface area (Å²) in [5.41, 5.74) is 3.59. The molecular formula is C22H30N2O2S. The summed E-state index contributed by atoms with van der Waals surface area (Å²) >= 11 is 0. The predicted octanol–water partition coefficient (Wildman–Crippen LogP) is 4.70. The van der Waals surface area contributed by atoms with Crippen molar-refractivity contribution in [1.29, 1.82) is 0 Å². The van der Waals surface area contributed by atoms with Crippen molar-refractivity contribution in [2.75, 3.05) is 11.8 Å². The van der Waals surface area contributed by atoms with Gasteiger partial charge in [-0.25, -0.2) is 8.42 Å². The molecule has 1 fully saturated rings. The van der Waals surface area contributed by atoms with E-state index in [1.807, 2.05) is 55.5 Å². The van der Waals surface area contributed by atoms with E-state index in [1.54, 1.807) is 0 Å². The molecule has 2 aromatic rings. The van der Waals surface area contributed by atoms with Crippen LogP contribution in [0.25, 0.3) is 0 Å². The minimum absolute atomic E-state index is 0.0124. The van der Waals surface area contributed by atoms with Gasteiger partial charge in [0, 0.05) is 12.6 Å². The van der Waals surface area contributed by atoms with Gasteiger partial charge in [-0.15, -0.1) is 0 Å². The molecule has 2 aromatic carbocycles. The second-order valence-corrected chi connectivity index (χ2v) is 9.44. The monoisotopic (exact) mass is 386 g/mol. The third kappa shape index (κ3) is 5.81. The molecule has 0 saturated heterocycles. The number of sulfonamides is 1. The summed E-state index contributed by atoms with van der Waals surface area (Å²) in [4.78, 5) is 2.37. The van der Waals surface area contributed by atoms with Crippen LogP contribution >= 0.6 is 0 Å². The number of nitrogens with one attached hydrogen (secondary N) is 1. The Kier molecular flexibility index (Phi) is 6.55. The Bertz CT molecular complexity index is 858. The Morgan fingerprint density at radius 1 is 1.04 bits per heavy atom. The van der Waals surface area contributed by atoms with Crippen LogP contribution in [0.4, 0.5) is 5.69 Å². The molecule has 4 nitrogen and oxygen atoms in total. The highest BCUT2D eigenvalue weighted by atomic mass is 32.2. The van der Waals surface area contributed by atoms with Gasteiger partial charge >= 0.3 is 0 Å². The largest absolute Gasteiger partial charge is 0.299 e. The van der Waals surface area contributed by atoms with E-state index in [4.69, 9.17) is 0 Å². The van der Waals surface area contributed by atoms with Gasteiger partial charge in [0.1, 0.15) is 0 Å². The molecule has 5 heteroatoms. The fourth-order valence-corrected chi connectivity index (χ4v) is 5.13. The minimum Gasteiger partial charge on any atom is -0.299 e. The number of aryl methyl sites for hydroxylation is 1. The van der Waals surface area contributed by atoms with E-state index in [0.29, 0.717) is 11.7 Å². The van der Waals surface area contributed by atoms with Crippen molar-refractivity contribution < 1.29 is 8.42 Å². The number of hydrogen-bond acceptors (Lipinski definition) is 3. The number of anilines is 1. The predicted molar refractivity (Wildman–Crippen MR) is 112 cm³/mol. The van der Waals surface area contributed by atoms with Gasteiger partial charge in [0.05, 0.1) is 11.4 Å². The zero-order chi connectivity index (χ0) is 19.3. The molecule has 1 saturated carbocycles. The van der Waals surface area contributed by atoms with Crippen molar-refractivity contribution in [3.63, 3.8) is 0 Å². The van der Waals surface area contributed by atoms with Crippen LogP contribution in [0.15, 0.2) is 48.5 Å². The van der Waals surface area contributed by atoms with Crippen molar-refractivity contribution in [3.05, 3.63) is 65.2 Å². The van der Waals surface area contributed by atoms with Crippen LogP contribution in [-0.4, -0.2) is 26.4 Å². The first kappa shape index (κ1) is 19.9. The van der Waals surface area contributed by atoms with E-state index >= 15 is 0 Å². The van der Waals surface area contributed by atoms with Crippen LogP contribution in [0, 0.1) is 6.92 Å². The van der Waals surface area contributed by atoms with Gasteiger partial charge in [0.15, 0.2) is 0 Å². The molecule has 27 heavy (non-hydrogen) atoms. The number of para-hydroxylation sites is 1. The molecule has 0 amide bonds. The van der Waals surface area contributed by atoms with Gasteiger partial charge in [0.2, 0.25) is 10.0 Å². The smallest absolute Gasteiger partial charge is 0.236 e. The molecule has 1 aliphatic carbocycles. The number of benzene rings is 2. The van der Waals surface area contributed by atoms with Crippen molar-refractivity contribution >= 4 is 15.7 Å². The lowest BCUT2D eigenvalue weighted by atomic mass is 9.94. The number of nitrogens with zero attached hydrogens (tertiary/aromatic N) is 1. The lowest BCUT2D eigenvalue weighted by Crippen LogP contribution is -2.33. The first-order valence-electron chi connectivity index (χ1n) is 9.77. The fourth-order valence-electron chi connectivity index (χ4n) is 3.90. The normalized spacial score (nSPS) is 15.8. The van der Waals surface area contributed by atoms with Crippen LogP contribution in [-0.2, 0) is 22.3 Å². The summed E-state index contributed by atoms with van der Waals surface area (Å²) in [7, 11) is -1.31. The zero-order valence-electron chi connectivity index (χ0n) is 16.3. The molecule has 0 atom stereocenters. The summed E-state index contributed by atoms with van der Waals surface area (Å²) in [6.45, 7) is 2.73. The summed E-state index contributed by atoms with van der Waals surface area (Å²) < 4.78 is 28.2. The molecule has 0 bridgehead atoms.